The van der Waals surface area contributed by atoms with Crippen LogP contribution in [0.2, 0.25) is 0 Å². The summed E-state index contributed by atoms with van der Waals surface area (Å²) in [7, 11) is 0. The molecule has 0 aliphatic heterocycles. The van der Waals surface area contributed by atoms with E-state index in [1.807, 2.05) is 0 Å². The van der Waals surface area contributed by atoms with Gasteiger partial charge in [-0.15, -0.1) is 11.3 Å². The van der Waals surface area contributed by atoms with Crippen LogP contribution in [0, 0.1) is 0 Å². The van der Waals surface area contributed by atoms with Crippen molar-refractivity contribution in [2.24, 2.45) is 0 Å². The minimum Gasteiger partial charge on any atom is -0.481 e. The van der Waals surface area contributed by atoms with E-state index in [0.29, 0.717) is 25.1 Å². The number of aliphatic carboxylic acids is 1. The Kier molecular flexibility index (Phi) is 7.73. The zero-order chi connectivity index (χ0) is 21.5. The molecule has 0 atom stereocenters. The normalized spacial score (nSPS) is 13.9. The Bertz CT molecular complexity index is 970. The van der Waals surface area contributed by atoms with Crippen molar-refractivity contribution in [1.82, 2.24) is 9.55 Å². The first-order valence-electron chi connectivity index (χ1n) is 10.3. The number of halogens is 1. The maximum atomic E-state index is 13.1. The van der Waals surface area contributed by atoms with Crippen LogP contribution in [0.1, 0.15) is 65.8 Å². The van der Waals surface area contributed by atoms with E-state index in [2.05, 4.69) is 10.3 Å². The molecule has 0 radical (unpaired) electrons. The Morgan fingerprint density at radius 2 is 1.97 bits per heavy atom. The van der Waals surface area contributed by atoms with Gasteiger partial charge >= 0.3 is 5.97 Å². The molecule has 1 aliphatic carbocycles. The molecule has 162 valence electrons. The van der Waals surface area contributed by atoms with Crippen molar-refractivity contribution in [1.29, 1.82) is 0 Å². The maximum absolute atomic E-state index is 13.1. The van der Waals surface area contributed by atoms with Gasteiger partial charge in [0.05, 0.1) is 18.8 Å². The first kappa shape index (κ1) is 22.1. The van der Waals surface area contributed by atoms with Gasteiger partial charge in [0.25, 0.3) is 11.5 Å². The van der Waals surface area contributed by atoms with Crippen molar-refractivity contribution in [3.8, 4) is 0 Å². The highest BCUT2D eigenvalue weighted by molar-refractivity contribution is 7.14. The molecule has 2 heterocycles. The smallest absolute Gasteiger partial charge is 0.309 e. The van der Waals surface area contributed by atoms with Crippen molar-refractivity contribution < 1.29 is 19.1 Å². The summed E-state index contributed by atoms with van der Waals surface area (Å²) in [5.41, 5.74) is 2.00. The van der Waals surface area contributed by atoms with E-state index in [0.717, 1.165) is 61.1 Å². The van der Waals surface area contributed by atoms with E-state index >= 15 is 0 Å². The highest BCUT2D eigenvalue weighted by Gasteiger charge is 2.21. The number of carboxylic acid groups (broad SMARTS) is 1. The van der Waals surface area contributed by atoms with Crippen LogP contribution in [-0.4, -0.2) is 33.2 Å². The SMILES string of the molecule is O=C(O)Cc1csc(NC(=O)c2cc3c(n(CCCCF)c2=O)CCCCCC3)n1. The van der Waals surface area contributed by atoms with Crippen molar-refractivity contribution in [2.75, 3.05) is 12.0 Å². The van der Waals surface area contributed by atoms with Gasteiger partial charge in [0.2, 0.25) is 0 Å². The largest absolute Gasteiger partial charge is 0.481 e. The van der Waals surface area contributed by atoms with Crippen LogP contribution >= 0.6 is 11.3 Å². The van der Waals surface area contributed by atoms with E-state index in [1.54, 1.807) is 16.0 Å². The monoisotopic (exact) mass is 435 g/mol. The van der Waals surface area contributed by atoms with Crippen LogP contribution in [-0.2, 0) is 30.6 Å². The molecule has 1 aliphatic rings. The number of carbonyl (C=O) groups excluding carboxylic acids is 1. The van der Waals surface area contributed by atoms with Crippen LogP contribution in [0.4, 0.5) is 9.52 Å². The minimum atomic E-state index is -1.00. The molecule has 1 amide bonds. The highest BCUT2D eigenvalue weighted by Crippen LogP contribution is 2.22. The number of amides is 1. The number of nitrogens with one attached hydrogen (secondary N) is 1. The summed E-state index contributed by atoms with van der Waals surface area (Å²) in [5.74, 6) is -1.56. The number of carbonyl (C=O) groups is 2. The molecule has 9 heteroatoms. The number of anilines is 1. The molecule has 0 unspecified atom stereocenters. The average molecular weight is 436 g/mol. The van der Waals surface area contributed by atoms with Crippen LogP contribution < -0.4 is 10.9 Å². The zero-order valence-electron chi connectivity index (χ0n) is 16.8. The van der Waals surface area contributed by atoms with E-state index < -0.39 is 18.6 Å². The van der Waals surface area contributed by atoms with E-state index in [1.165, 1.54) is 0 Å². The van der Waals surface area contributed by atoms with Crippen molar-refractivity contribution in [2.45, 2.75) is 64.3 Å². The number of pyridine rings is 1. The van der Waals surface area contributed by atoms with Crippen molar-refractivity contribution >= 4 is 28.3 Å². The Labute approximate surface area is 178 Å². The number of carboxylic acids is 1. The third-order valence-electron chi connectivity index (χ3n) is 5.21. The molecule has 0 saturated heterocycles. The number of aromatic nitrogens is 2. The lowest BCUT2D eigenvalue weighted by atomic mass is 9.95. The second-order valence-electron chi connectivity index (χ2n) is 7.47. The van der Waals surface area contributed by atoms with Crippen LogP contribution in [0.5, 0.6) is 0 Å². The Morgan fingerprint density at radius 1 is 1.20 bits per heavy atom. The molecule has 2 N–H and O–H groups in total. The van der Waals surface area contributed by atoms with Gasteiger partial charge in [0.1, 0.15) is 5.56 Å². The van der Waals surface area contributed by atoms with Crippen LogP contribution in [0.25, 0.3) is 0 Å². The summed E-state index contributed by atoms with van der Waals surface area (Å²) in [4.78, 5) is 40.9. The standard InChI is InChI=1S/C21H26FN3O4S/c22-9-5-6-10-25-17-8-4-2-1-3-7-14(17)11-16(20(25)29)19(28)24-21-23-15(13-30-21)12-18(26)27/h11,13H,1-10,12H2,(H,26,27)(H,23,24,28). The molecule has 0 saturated carbocycles. The molecule has 3 rings (SSSR count). The summed E-state index contributed by atoms with van der Waals surface area (Å²) in [6.45, 7) is -0.0357. The number of fused-ring (bicyclic) bond motifs is 1. The van der Waals surface area contributed by atoms with Gasteiger partial charge in [0.15, 0.2) is 5.13 Å². The molecule has 0 bridgehead atoms. The predicted molar refractivity (Wildman–Crippen MR) is 113 cm³/mol. The van der Waals surface area contributed by atoms with Crippen molar-refractivity contribution in [3.63, 3.8) is 0 Å². The Hall–Kier alpha value is -2.55. The highest BCUT2D eigenvalue weighted by atomic mass is 32.1. The number of nitrogens with zero attached hydrogens (tertiary/aromatic N) is 2. The maximum Gasteiger partial charge on any atom is 0.309 e. The predicted octanol–water partition coefficient (Wildman–Crippen LogP) is 3.59. The lowest BCUT2D eigenvalue weighted by molar-refractivity contribution is -0.136. The van der Waals surface area contributed by atoms with E-state index in [4.69, 9.17) is 5.11 Å². The molecule has 7 nitrogen and oxygen atoms in total. The Balaban J connectivity index is 1.90. The third-order valence-corrected chi connectivity index (χ3v) is 6.02. The van der Waals surface area contributed by atoms with Gasteiger partial charge in [-0.05, 0) is 50.2 Å². The van der Waals surface area contributed by atoms with Gasteiger partial charge in [-0.25, -0.2) is 4.98 Å². The third kappa shape index (κ3) is 5.53. The number of thiazole rings is 1. The first-order valence-corrected chi connectivity index (χ1v) is 11.2. The molecule has 30 heavy (non-hydrogen) atoms. The molecule has 0 fully saturated rings. The second kappa shape index (κ2) is 10.5. The van der Waals surface area contributed by atoms with Gasteiger partial charge in [-0.1, -0.05) is 12.8 Å². The topological polar surface area (TPSA) is 101 Å². The van der Waals surface area contributed by atoms with Gasteiger partial charge in [-0.2, -0.15) is 0 Å². The number of hydrogen-bond acceptors (Lipinski definition) is 5. The lowest BCUT2D eigenvalue weighted by Crippen LogP contribution is -2.33. The fourth-order valence-corrected chi connectivity index (χ4v) is 4.47. The molecular formula is C21H26FN3O4S. The van der Waals surface area contributed by atoms with Crippen LogP contribution in [0.3, 0.4) is 0 Å². The number of aryl methyl sites for hydroxylation is 1. The summed E-state index contributed by atoms with van der Waals surface area (Å²) >= 11 is 1.12. The average Bonchev–Trinajstić information content (AvgIpc) is 3.10. The molecule has 2 aromatic rings. The lowest BCUT2D eigenvalue weighted by Gasteiger charge is -2.21. The molecule has 0 aromatic carbocycles. The van der Waals surface area contributed by atoms with Gasteiger partial charge in [0, 0.05) is 17.6 Å². The fourth-order valence-electron chi connectivity index (χ4n) is 3.76. The number of alkyl halides is 1. The van der Waals surface area contributed by atoms with E-state index in [9.17, 15) is 18.8 Å². The summed E-state index contributed by atoms with van der Waals surface area (Å²) < 4.78 is 14.2. The summed E-state index contributed by atoms with van der Waals surface area (Å²) in [6.07, 6.45) is 6.51. The summed E-state index contributed by atoms with van der Waals surface area (Å²) in [5, 5.41) is 13.3. The number of unbranched alkanes of at least 4 members (excludes halogenated alkanes) is 1. The quantitative estimate of drug-likeness (QED) is 0.617. The number of hydrogen-bond donors (Lipinski definition) is 2. The van der Waals surface area contributed by atoms with Crippen LogP contribution in [0.15, 0.2) is 16.2 Å². The molecule has 2 aromatic heterocycles. The minimum absolute atomic E-state index is 0.0459. The van der Waals surface area contributed by atoms with Crippen molar-refractivity contribution in [3.05, 3.63) is 44.3 Å². The fraction of sp³-hybridized carbons (Fsp3) is 0.524. The molecular weight excluding hydrogens is 409 g/mol. The molecule has 0 spiro atoms. The van der Waals surface area contributed by atoms with Gasteiger partial charge < -0.3 is 9.67 Å². The summed E-state index contributed by atoms with van der Waals surface area (Å²) in [6, 6.07) is 1.69. The second-order valence-corrected chi connectivity index (χ2v) is 8.32. The Morgan fingerprint density at radius 3 is 2.70 bits per heavy atom. The zero-order valence-corrected chi connectivity index (χ0v) is 17.6. The first-order chi connectivity index (χ1) is 14.5. The van der Waals surface area contributed by atoms with Gasteiger partial charge in [-0.3, -0.25) is 24.1 Å². The van der Waals surface area contributed by atoms with E-state index in [-0.39, 0.29) is 22.7 Å². The number of rotatable bonds is 8.